The summed E-state index contributed by atoms with van der Waals surface area (Å²) in [5.74, 6) is 0.807. The first kappa shape index (κ1) is 10.9. The predicted octanol–water partition coefficient (Wildman–Crippen LogP) is 1.61. The van der Waals surface area contributed by atoms with Gasteiger partial charge in [-0.2, -0.15) is 5.26 Å². The first-order valence-electron chi connectivity index (χ1n) is 4.92. The Balaban J connectivity index is 2.54. The zero-order valence-electron chi connectivity index (χ0n) is 9.21. The number of methoxy groups -OCH3 is 1. The molecule has 0 saturated carbocycles. The minimum Gasteiger partial charge on any atom is -0.496 e. The molecular weight excluding hydrogens is 216 g/mol. The van der Waals surface area contributed by atoms with Crippen LogP contribution in [0.25, 0.3) is 11.3 Å². The van der Waals surface area contributed by atoms with Crippen LogP contribution in [0.5, 0.6) is 5.75 Å². The highest BCUT2D eigenvalue weighted by Gasteiger charge is 2.09. The summed E-state index contributed by atoms with van der Waals surface area (Å²) in [6.45, 7) is 0. The van der Waals surface area contributed by atoms with E-state index in [0.717, 1.165) is 5.56 Å². The molecule has 0 bridgehead atoms. The standard InChI is InChI=1S/C12H10N4O/c1-17-11-5-3-2-4-8(11)10-7-15-9(6-13)12(14)16-10/h2-5,7H,1H3,(H2,14,16). The molecule has 0 fully saturated rings. The van der Waals surface area contributed by atoms with E-state index in [0.29, 0.717) is 11.4 Å². The molecule has 2 N–H and O–H groups in total. The first-order valence-corrected chi connectivity index (χ1v) is 4.92. The van der Waals surface area contributed by atoms with Gasteiger partial charge in [-0.3, -0.25) is 0 Å². The first-order chi connectivity index (χ1) is 8.26. The Kier molecular flexibility index (Phi) is 2.88. The lowest BCUT2D eigenvalue weighted by Crippen LogP contribution is -2.00. The number of aromatic nitrogens is 2. The molecule has 1 aromatic heterocycles. The summed E-state index contributed by atoms with van der Waals surface area (Å²) >= 11 is 0. The zero-order valence-corrected chi connectivity index (χ0v) is 9.21. The molecule has 0 aliphatic rings. The second-order valence-electron chi connectivity index (χ2n) is 3.30. The highest BCUT2D eigenvalue weighted by molar-refractivity contribution is 5.68. The molecule has 5 nitrogen and oxygen atoms in total. The van der Waals surface area contributed by atoms with Crippen molar-refractivity contribution in [2.24, 2.45) is 0 Å². The normalized spacial score (nSPS) is 9.65. The van der Waals surface area contributed by atoms with Gasteiger partial charge in [0.15, 0.2) is 11.5 Å². The van der Waals surface area contributed by atoms with Crippen molar-refractivity contribution in [1.29, 1.82) is 5.26 Å². The molecule has 0 radical (unpaired) electrons. The number of nitrogens with zero attached hydrogens (tertiary/aromatic N) is 3. The number of rotatable bonds is 2. The summed E-state index contributed by atoms with van der Waals surface area (Å²) in [6, 6.07) is 9.29. The highest BCUT2D eigenvalue weighted by atomic mass is 16.5. The van der Waals surface area contributed by atoms with Crippen molar-refractivity contribution in [3.63, 3.8) is 0 Å². The van der Waals surface area contributed by atoms with Crippen LogP contribution < -0.4 is 10.5 Å². The molecule has 2 aromatic rings. The van der Waals surface area contributed by atoms with Gasteiger partial charge in [0, 0.05) is 5.56 Å². The van der Waals surface area contributed by atoms with Crippen molar-refractivity contribution < 1.29 is 4.74 Å². The number of para-hydroxylation sites is 1. The van der Waals surface area contributed by atoms with E-state index >= 15 is 0 Å². The maximum atomic E-state index is 8.72. The van der Waals surface area contributed by atoms with E-state index in [1.54, 1.807) is 7.11 Å². The van der Waals surface area contributed by atoms with Gasteiger partial charge in [-0.25, -0.2) is 9.97 Å². The maximum absolute atomic E-state index is 8.72. The van der Waals surface area contributed by atoms with Crippen molar-refractivity contribution in [2.75, 3.05) is 12.8 Å². The Labute approximate surface area is 98.5 Å². The molecule has 0 aliphatic heterocycles. The smallest absolute Gasteiger partial charge is 0.182 e. The van der Waals surface area contributed by atoms with E-state index in [1.165, 1.54) is 6.20 Å². The minimum absolute atomic E-state index is 0.121. The van der Waals surface area contributed by atoms with Crippen LogP contribution in [0.1, 0.15) is 5.69 Å². The molecule has 0 spiro atoms. The number of nitrogen functional groups attached to an aromatic ring is 1. The molecule has 84 valence electrons. The van der Waals surface area contributed by atoms with Gasteiger partial charge in [-0.1, -0.05) is 12.1 Å². The molecule has 17 heavy (non-hydrogen) atoms. The molecule has 5 heteroatoms. The monoisotopic (exact) mass is 226 g/mol. The number of nitrogens with two attached hydrogens (primary N) is 1. The summed E-state index contributed by atoms with van der Waals surface area (Å²) in [5, 5.41) is 8.72. The van der Waals surface area contributed by atoms with Crippen LogP contribution >= 0.6 is 0 Å². The van der Waals surface area contributed by atoms with Crippen molar-refractivity contribution in [1.82, 2.24) is 9.97 Å². The van der Waals surface area contributed by atoms with Gasteiger partial charge in [0.2, 0.25) is 0 Å². The summed E-state index contributed by atoms with van der Waals surface area (Å²) in [7, 11) is 1.58. The third-order valence-electron chi connectivity index (χ3n) is 2.29. The van der Waals surface area contributed by atoms with Crippen molar-refractivity contribution in [3.05, 3.63) is 36.2 Å². The summed E-state index contributed by atoms with van der Waals surface area (Å²) in [4.78, 5) is 8.08. The molecule has 2 rings (SSSR count). The summed E-state index contributed by atoms with van der Waals surface area (Å²) in [5.41, 5.74) is 7.13. The van der Waals surface area contributed by atoms with Gasteiger partial charge in [-0.05, 0) is 12.1 Å². The predicted molar refractivity (Wildman–Crippen MR) is 63.1 cm³/mol. The Morgan fingerprint density at radius 2 is 2.12 bits per heavy atom. The average Bonchev–Trinajstić information content (AvgIpc) is 2.38. The van der Waals surface area contributed by atoms with E-state index in [9.17, 15) is 0 Å². The van der Waals surface area contributed by atoms with E-state index in [1.807, 2.05) is 30.3 Å². The lowest BCUT2D eigenvalue weighted by atomic mass is 10.1. The van der Waals surface area contributed by atoms with E-state index < -0.39 is 0 Å². The SMILES string of the molecule is COc1ccccc1-c1cnc(C#N)c(N)n1. The second-order valence-corrected chi connectivity index (χ2v) is 3.30. The number of benzene rings is 1. The van der Waals surface area contributed by atoms with Gasteiger partial charge in [0.25, 0.3) is 0 Å². The van der Waals surface area contributed by atoms with Crippen LogP contribution in [0.2, 0.25) is 0 Å². The van der Waals surface area contributed by atoms with Crippen LogP contribution in [0.15, 0.2) is 30.5 Å². The second kappa shape index (κ2) is 4.49. The highest BCUT2D eigenvalue weighted by Crippen LogP contribution is 2.28. The number of ether oxygens (including phenoxy) is 1. The Morgan fingerprint density at radius 1 is 1.35 bits per heavy atom. The zero-order chi connectivity index (χ0) is 12.3. The van der Waals surface area contributed by atoms with E-state index in [2.05, 4.69) is 9.97 Å². The van der Waals surface area contributed by atoms with Crippen LogP contribution in [0.3, 0.4) is 0 Å². The average molecular weight is 226 g/mol. The molecule has 1 aromatic carbocycles. The van der Waals surface area contributed by atoms with E-state index in [-0.39, 0.29) is 11.5 Å². The van der Waals surface area contributed by atoms with Gasteiger partial charge in [0.05, 0.1) is 19.0 Å². The topological polar surface area (TPSA) is 84.8 Å². The maximum Gasteiger partial charge on any atom is 0.182 e. The lowest BCUT2D eigenvalue weighted by Gasteiger charge is -2.07. The molecule has 1 heterocycles. The van der Waals surface area contributed by atoms with Gasteiger partial charge in [0.1, 0.15) is 11.8 Å². The molecular formula is C12H10N4O. The van der Waals surface area contributed by atoms with Crippen LogP contribution in [-0.2, 0) is 0 Å². The Morgan fingerprint density at radius 3 is 2.76 bits per heavy atom. The Bertz CT molecular complexity index is 589. The van der Waals surface area contributed by atoms with Gasteiger partial charge >= 0.3 is 0 Å². The van der Waals surface area contributed by atoms with Crippen molar-refractivity contribution in [3.8, 4) is 23.1 Å². The molecule has 0 atom stereocenters. The lowest BCUT2D eigenvalue weighted by molar-refractivity contribution is 0.416. The number of hydrogen-bond donors (Lipinski definition) is 1. The van der Waals surface area contributed by atoms with Gasteiger partial charge in [-0.15, -0.1) is 0 Å². The fraction of sp³-hybridized carbons (Fsp3) is 0.0833. The molecule has 0 unspecified atom stereocenters. The molecule has 0 aliphatic carbocycles. The van der Waals surface area contributed by atoms with Crippen molar-refractivity contribution >= 4 is 5.82 Å². The fourth-order valence-electron chi connectivity index (χ4n) is 1.48. The number of hydrogen-bond acceptors (Lipinski definition) is 5. The molecule has 0 amide bonds. The largest absolute Gasteiger partial charge is 0.496 e. The quantitative estimate of drug-likeness (QED) is 0.840. The van der Waals surface area contributed by atoms with Crippen LogP contribution in [0, 0.1) is 11.3 Å². The van der Waals surface area contributed by atoms with Crippen LogP contribution in [0.4, 0.5) is 5.82 Å². The minimum atomic E-state index is 0.121. The summed E-state index contributed by atoms with van der Waals surface area (Å²) in [6.07, 6.45) is 1.51. The van der Waals surface area contributed by atoms with Gasteiger partial charge < -0.3 is 10.5 Å². The number of nitriles is 1. The van der Waals surface area contributed by atoms with E-state index in [4.69, 9.17) is 15.7 Å². The third-order valence-corrected chi connectivity index (χ3v) is 2.29. The number of anilines is 1. The van der Waals surface area contributed by atoms with Crippen LogP contribution in [-0.4, -0.2) is 17.1 Å². The van der Waals surface area contributed by atoms with Crippen molar-refractivity contribution in [2.45, 2.75) is 0 Å². The Hall–Kier alpha value is -2.61. The fourth-order valence-corrected chi connectivity index (χ4v) is 1.48. The summed E-state index contributed by atoms with van der Waals surface area (Å²) < 4.78 is 5.22. The third kappa shape index (κ3) is 2.01. The molecule has 0 saturated heterocycles.